The normalized spacial score (nSPS) is 22.1. The minimum Gasteiger partial charge on any atom is -0.493 e. The predicted octanol–water partition coefficient (Wildman–Crippen LogP) is 2.51. The summed E-state index contributed by atoms with van der Waals surface area (Å²) in [6, 6.07) is 9.81. The van der Waals surface area contributed by atoms with Crippen molar-refractivity contribution in [1.29, 1.82) is 0 Å². The van der Waals surface area contributed by atoms with Crippen LogP contribution < -0.4 is 5.32 Å². The molecule has 6 heteroatoms. The molecule has 0 aromatic heterocycles. The fraction of sp³-hybridized carbons (Fsp3) is 0.500. The number of benzene rings is 1. The number of carbonyl (C=O) groups excluding carboxylic acids is 3. The number of hydrogen-bond acceptors (Lipinski definition) is 4. The van der Waals surface area contributed by atoms with Crippen LogP contribution in [0.5, 0.6) is 0 Å². The summed E-state index contributed by atoms with van der Waals surface area (Å²) in [5, 5.41) is 2.92. The van der Waals surface area contributed by atoms with Crippen molar-refractivity contribution < 1.29 is 19.1 Å². The number of ether oxygens (including phenoxy) is 1. The van der Waals surface area contributed by atoms with Gasteiger partial charge in [0, 0.05) is 33.0 Å². The van der Waals surface area contributed by atoms with E-state index in [1.807, 2.05) is 44.2 Å². The fourth-order valence-electron chi connectivity index (χ4n) is 3.73. The summed E-state index contributed by atoms with van der Waals surface area (Å²) >= 11 is 0. The van der Waals surface area contributed by atoms with E-state index in [4.69, 9.17) is 4.74 Å². The van der Waals surface area contributed by atoms with Crippen LogP contribution >= 0.6 is 0 Å². The molecule has 2 amide bonds. The highest BCUT2D eigenvalue weighted by Gasteiger charge is 2.36. The van der Waals surface area contributed by atoms with E-state index in [0.29, 0.717) is 26.1 Å². The Balaban J connectivity index is 2.18. The lowest BCUT2D eigenvalue weighted by Crippen LogP contribution is -2.40. The molecule has 0 bridgehead atoms. The average Bonchev–Trinajstić information content (AvgIpc) is 2.82. The highest BCUT2D eigenvalue weighted by molar-refractivity contribution is 5.96. The Bertz CT molecular complexity index is 729. The van der Waals surface area contributed by atoms with Gasteiger partial charge < -0.3 is 15.0 Å². The largest absolute Gasteiger partial charge is 0.493 e. The van der Waals surface area contributed by atoms with E-state index in [1.54, 1.807) is 11.0 Å². The molecule has 6 nitrogen and oxygen atoms in total. The summed E-state index contributed by atoms with van der Waals surface area (Å²) in [5.74, 6) is -0.657. The number of methoxy groups -OCH3 is 1. The second-order valence-corrected chi connectivity index (χ2v) is 7.15. The number of hydrogen-bond donors (Lipinski definition) is 1. The zero-order valence-corrected chi connectivity index (χ0v) is 17.1. The summed E-state index contributed by atoms with van der Waals surface area (Å²) < 4.78 is 5.27. The van der Waals surface area contributed by atoms with Gasteiger partial charge in [-0.3, -0.25) is 14.4 Å². The monoisotopic (exact) mass is 386 g/mol. The first-order chi connectivity index (χ1) is 13.4. The summed E-state index contributed by atoms with van der Waals surface area (Å²) in [5.41, 5.74) is 1.04. The molecule has 1 aliphatic rings. The van der Waals surface area contributed by atoms with Crippen LogP contribution in [-0.2, 0) is 19.1 Å². The van der Waals surface area contributed by atoms with Gasteiger partial charge in [-0.2, -0.15) is 0 Å². The Morgan fingerprint density at radius 1 is 1.25 bits per heavy atom. The topological polar surface area (TPSA) is 75.7 Å². The molecule has 0 fully saturated rings. The predicted molar refractivity (Wildman–Crippen MR) is 107 cm³/mol. The Kier molecular flexibility index (Phi) is 7.79. The number of rotatable bonds is 7. The van der Waals surface area contributed by atoms with Gasteiger partial charge in [0.1, 0.15) is 0 Å². The molecule has 0 radical (unpaired) electrons. The third-order valence-corrected chi connectivity index (χ3v) is 5.47. The first kappa shape index (κ1) is 21.7. The van der Waals surface area contributed by atoms with Gasteiger partial charge in [-0.05, 0) is 30.4 Å². The number of Topliss-reactive ketones (excluding diaryl/α,β-unsaturated/α-hetero) is 1. The SMILES string of the molecule is CCN(CCNC(=O)C1C=C(OC)C(=O)CC(c2ccccc2)C1C)C(C)=O. The smallest absolute Gasteiger partial charge is 0.227 e. The van der Waals surface area contributed by atoms with Gasteiger partial charge in [0.15, 0.2) is 11.5 Å². The Labute approximate surface area is 166 Å². The molecular weight excluding hydrogens is 356 g/mol. The standard InChI is InChI=1S/C22H30N2O4/c1-5-24(16(3)25)12-11-23-22(27)19-14-21(28-4)20(26)13-18(15(19)2)17-9-7-6-8-10-17/h6-10,14-15,18-19H,5,11-13H2,1-4H3,(H,23,27). The molecule has 3 unspecified atom stereocenters. The van der Waals surface area contributed by atoms with Crippen molar-refractivity contribution in [2.75, 3.05) is 26.7 Å². The lowest BCUT2D eigenvalue weighted by Gasteiger charge is -2.27. The summed E-state index contributed by atoms with van der Waals surface area (Å²) in [6.07, 6.45) is 1.95. The van der Waals surface area contributed by atoms with Crippen molar-refractivity contribution in [3.8, 4) is 0 Å². The molecule has 0 aliphatic heterocycles. The molecular formula is C22H30N2O4. The highest BCUT2D eigenvalue weighted by atomic mass is 16.5. The molecule has 0 saturated heterocycles. The minimum absolute atomic E-state index is 0.0177. The average molecular weight is 386 g/mol. The number of allylic oxidation sites excluding steroid dienone is 1. The van der Waals surface area contributed by atoms with E-state index in [9.17, 15) is 14.4 Å². The molecule has 0 spiro atoms. The highest BCUT2D eigenvalue weighted by Crippen LogP contribution is 2.37. The lowest BCUT2D eigenvalue weighted by atomic mass is 9.78. The van der Waals surface area contributed by atoms with E-state index in [2.05, 4.69) is 5.32 Å². The molecule has 3 atom stereocenters. The molecule has 152 valence electrons. The number of carbonyl (C=O) groups is 3. The van der Waals surface area contributed by atoms with E-state index in [-0.39, 0.29) is 35.2 Å². The Morgan fingerprint density at radius 2 is 1.93 bits per heavy atom. The minimum atomic E-state index is -0.487. The summed E-state index contributed by atoms with van der Waals surface area (Å²) in [7, 11) is 1.46. The van der Waals surface area contributed by atoms with Gasteiger partial charge in [-0.25, -0.2) is 0 Å². The van der Waals surface area contributed by atoms with Crippen molar-refractivity contribution in [3.63, 3.8) is 0 Å². The van der Waals surface area contributed by atoms with Crippen LogP contribution in [0.3, 0.4) is 0 Å². The molecule has 1 aromatic carbocycles. The summed E-state index contributed by atoms with van der Waals surface area (Å²) in [4.78, 5) is 38.7. The second kappa shape index (κ2) is 10.1. The van der Waals surface area contributed by atoms with Crippen LogP contribution in [0.25, 0.3) is 0 Å². The van der Waals surface area contributed by atoms with Crippen LogP contribution in [0.15, 0.2) is 42.2 Å². The Hall–Kier alpha value is -2.63. The van der Waals surface area contributed by atoms with Crippen LogP contribution in [0.4, 0.5) is 0 Å². The van der Waals surface area contributed by atoms with E-state index >= 15 is 0 Å². The van der Waals surface area contributed by atoms with Crippen LogP contribution in [-0.4, -0.2) is 49.2 Å². The third kappa shape index (κ3) is 5.21. The van der Waals surface area contributed by atoms with Crippen LogP contribution in [0.1, 0.15) is 38.7 Å². The molecule has 0 heterocycles. The molecule has 1 N–H and O–H groups in total. The van der Waals surface area contributed by atoms with Crippen molar-refractivity contribution in [1.82, 2.24) is 10.2 Å². The molecule has 0 saturated carbocycles. The summed E-state index contributed by atoms with van der Waals surface area (Å²) in [6.45, 7) is 6.85. The van der Waals surface area contributed by atoms with Crippen molar-refractivity contribution in [2.45, 2.75) is 33.1 Å². The van der Waals surface area contributed by atoms with Crippen molar-refractivity contribution >= 4 is 17.6 Å². The van der Waals surface area contributed by atoms with Gasteiger partial charge >= 0.3 is 0 Å². The maximum atomic E-state index is 12.9. The lowest BCUT2D eigenvalue weighted by molar-refractivity contribution is -0.130. The zero-order valence-electron chi connectivity index (χ0n) is 17.1. The number of ketones is 1. The van der Waals surface area contributed by atoms with Crippen molar-refractivity contribution in [3.05, 3.63) is 47.7 Å². The van der Waals surface area contributed by atoms with Crippen LogP contribution in [0.2, 0.25) is 0 Å². The first-order valence-electron chi connectivity index (χ1n) is 9.76. The number of nitrogens with zero attached hydrogens (tertiary/aromatic N) is 1. The second-order valence-electron chi connectivity index (χ2n) is 7.15. The molecule has 28 heavy (non-hydrogen) atoms. The quantitative estimate of drug-likeness (QED) is 0.781. The number of amides is 2. The van der Waals surface area contributed by atoms with Gasteiger partial charge in [0.2, 0.25) is 11.8 Å². The maximum Gasteiger partial charge on any atom is 0.227 e. The molecule has 1 aliphatic carbocycles. The van der Waals surface area contributed by atoms with E-state index < -0.39 is 5.92 Å². The van der Waals surface area contributed by atoms with Crippen LogP contribution in [0, 0.1) is 11.8 Å². The maximum absolute atomic E-state index is 12.9. The van der Waals surface area contributed by atoms with Crippen molar-refractivity contribution in [2.24, 2.45) is 11.8 Å². The Morgan fingerprint density at radius 3 is 2.50 bits per heavy atom. The molecule has 2 rings (SSSR count). The fourth-order valence-corrected chi connectivity index (χ4v) is 3.73. The van der Waals surface area contributed by atoms with Gasteiger partial charge in [-0.15, -0.1) is 0 Å². The van der Waals surface area contributed by atoms with E-state index in [1.165, 1.54) is 14.0 Å². The van der Waals surface area contributed by atoms with Gasteiger partial charge in [-0.1, -0.05) is 37.3 Å². The third-order valence-electron chi connectivity index (χ3n) is 5.47. The molecule has 1 aromatic rings. The first-order valence-corrected chi connectivity index (χ1v) is 9.76. The number of nitrogens with one attached hydrogen (secondary N) is 1. The number of likely N-dealkylation sites (N-methyl/N-ethyl adjacent to an activating group) is 1. The van der Waals surface area contributed by atoms with E-state index in [0.717, 1.165) is 5.56 Å². The van der Waals surface area contributed by atoms with Gasteiger partial charge in [0.25, 0.3) is 0 Å². The zero-order chi connectivity index (χ0) is 20.7. The van der Waals surface area contributed by atoms with Gasteiger partial charge in [0.05, 0.1) is 13.0 Å².